The fraction of sp³-hybridized carbons (Fsp3) is 0.588. The molecule has 4 heteroatoms. The number of hydrogen-bond acceptors (Lipinski definition) is 4. The number of likely N-dealkylation sites (N-methyl/N-ethyl adjacent to an activating group) is 1. The minimum absolute atomic E-state index is 0.615. The normalized spacial score (nSPS) is 13.9. The van der Waals surface area contributed by atoms with Crippen LogP contribution in [-0.2, 0) is 10.3 Å². The molecule has 0 aliphatic carbocycles. The Morgan fingerprint density at radius 2 is 1.95 bits per heavy atom. The zero-order valence-corrected chi connectivity index (χ0v) is 13.4. The molecule has 1 aromatic rings. The van der Waals surface area contributed by atoms with Gasteiger partial charge in [-0.3, -0.25) is 5.32 Å². The van der Waals surface area contributed by atoms with Gasteiger partial charge in [-0.1, -0.05) is 44.2 Å². The molecule has 0 aliphatic rings. The molecule has 0 spiro atoms. The summed E-state index contributed by atoms with van der Waals surface area (Å²) in [4.78, 5) is 2.32. The van der Waals surface area contributed by atoms with E-state index in [0.29, 0.717) is 0 Å². The molecule has 4 nitrogen and oxygen atoms in total. The topological polar surface area (TPSA) is 48.3 Å². The minimum atomic E-state index is -0.615. The highest BCUT2D eigenvalue weighted by molar-refractivity contribution is 5.31. The zero-order chi connectivity index (χ0) is 15.6. The van der Waals surface area contributed by atoms with Gasteiger partial charge in [-0.05, 0) is 25.1 Å². The first kappa shape index (κ1) is 17.6. The number of benzene rings is 1. The predicted molar refractivity (Wildman–Crippen MR) is 86.0 cm³/mol. The lowest BCUT2D eigenvalue weighted by Gasteiger charge is -2.31. The van der Waals surface area contributed by atoms with Gasteiger partial charge in [0.1, 0.15) is 5.54 Å². The molecule has 1 aromatic carbocycles. The summed E-state index contributed by atoms with van der Waals surface area (Å²) >= 11 is 0. The highest BCUT2D eigenvalue weighted by atomic mass is 16.5. The van der Waals surface area contributed by atoms with Gasteiger partial charge in [0.2, 0.25) is 0 Å². The fourth-order valence-corrected chi connectivity index (χ4v) is 2.49. The summed E-state index contributed by atoms with van der Waals surface area (Å²) in [6.07, 6.45) is 0.763. The summed E-state index contributed by atoms with van der Waals surface area (Å²) < 4.78 is 5.14. The van der Waals surface area contributed by atoms with Crippen LogP contribution in [0.5, 0.6) is 0 Å². The average Bonchev–Trinajstić information content (AvgIpc) is 2.54. The Kier molecular flexibility index (Phi) is 7.99. The molecule has 0 saturated carbocycles. The van der Waals surface area contributed by atoms with E-state index >= 15 is 0 Å². The first-order chi connectivity index (χ1) is 10.2. The van der Waals surface area contributed by atoms with Crippen LogP contribution in [0.15, 0.2) is 30.3 Å². The van der Waals surface area contributed by atoms with E-state index in [4.69, 9.17) is 4.74 Å². The zero-order valence-electron chi connectivity index (χ0n) is 13.4. The van der Waals surface area contributed by atoms with Crippen molar-refractivity contribution in [3.63, 3.8) is 0 Å². The number of nitriles is 1. The third-order valence-electron chi connectivity index (χ3n) is 3.80. The monoisotopic (exact) mass is 289 g/mol. The Bertz CT molecular complexity index is 429. The highest BCUT2D eigenvalue weighted by Gasteiger charge is 2.31. The van der Waals surface area contributed by atoms with Crippen LogP contribution in [0.2, 0.25) is 0 Å². The van der Waals surface area contributed by atoms with Crippen molar-refractivity contribution < 1.29 is 4.74 Å². The van der Waals surface area contributed by atoms with Crippen LogP contribution in [0.3, 0.4) is 0 Å². The van der Waals surface area contributed by atoms with Gasteiger partial charge in [-0.2, -0.15) is 5.26 Å². The van der Waals surface area contributed by atoms with Crippen LogP contribution in [0.1, 0.15) is 25.8 Å². The number of nitrogens with one attached hydrogen (secondary N) is 1. The van der Waals surface area contributed by atoms with Crippen molar-refractivity contribution in [3.05, 3.63) is 35.9 Å². The van der Waals surface area contributed by atoms with Crippen LogP contribution in [-0.4, -0.2) is 44.8 Å². The van der Waals surface area contributed by atoms with Crippen molar-refractivity contribution in [2.45, 2.75) is 25.8 Å². The molecule has 1 rings (SSSR count). The molecule has 0 aliphatic heterocycles. The minimum Gasteiger partial charge on any atom is -0.383 e. The number of ether oxygens (including phenoxy) is 1. The van der Waals surface area contributed by atoms with Gasteiger partial charge in [0.25, 0.3) is 0 Å². The molecule has 0 bridgehead atoms. The highest BCUT2D eigenvalue weighted by Crippen LogP contribution is 2.24. The van der Waals surface area contributed by atoms with E-state index in [-0.39, 0.29) is 0 Å². The maximum atomic E-state index is 9.77. The van der Waals surface area contributed by atoms with Crippen molar-refractivity contribution in [2.24, 2.45) is 0 Å². The standard InChI is InChI=1S/C17H27N3O/c1-4-19-17(15-18,16-9-7-6-8-10-16)11-12-20(5-2)13-14-21-3/h6-10,19H,4-5,11-14H2,1-3H3. The first-order valence-electron chi connectivity index (χ1n) is 7.65. The molecule has 0 aromatic heterocycles. The SMILES string of the molecule is CCNC(C#N)(CCN(CC)CCOC)c1ccccc1. The lowest BCUT2D eigenvalue weighted by atomic mass is 9.87. The summed E-state index contributed by atoms with van der Waals surface area (Å²) in [6, 6.07) is 12.5. The van der Waals surface area contributed by atoms with Gasteiger partial charge in [0.05, 0.1) is 12.7 Å². The molecule has 0 amide bonds. The fourth-order valence-electron chi connectivity index (χ4n) is 2.49. The van der Waals surface area contributed by atoms with Crippen LogP contribution >= 0.6 is 0 Å². The van der Waals surface area contributed by atoms with E-state index in [1.165, 1.54) is 0 Å². The molecule has 0 radical (unpaired) electrons. The van der Waals surface area contributed by atoms with Gasteiger partial charge in [-0.15, -0.1) is 0 Å². The maximum Gasteiger partial charge on any atom is 0.133 e. The Balaban J connectivity index is 2.81. The Morgan fingerprint density at radius 1 is 1.24 bits per heavy atom. The molecular weight excluding hydrogens is 262 g/mol. The Labute approximate surface area is 128 Å². The van der Waals surface area contributed by atoms with Gasteiger partial charge < -0.3 is 9.64 Å². The molecule has 0 heterocycles. The van der Waals surface area contributed by atoms with Crippen LogP contribution in [0.25, 0.3) is 0 Å². The van der Waals surface area contributed by atoms with Crippen LogP contribution < -0.4 is 5.32 Å². The van der Waals surface area contributed by atoms with E-state index in [9.17, 15) is 5.26 Å². The summed E-state index contributed by atoms with van der Waals surface area (Å²) in [5, 5.41) is 13.1. The smallest absolute Gasteiger partial charge is 0.133 e. The van der Waals surface area contributed by atoms with Crippen molar-refractivity contribution in [1.29, 1.82) is 5.26 Å². The number of nitrogens with zero attached hydrogens (tertiary/aromatic N) is 2. The second-order valence-corrected chi connectivity index (χ2v) is 5.09. The number of rotatable bonds is 10. The largest absolute Gasteiger partial charge is 0.383 e. The molecule has 116 valence electrons. The van der Waals surface area contributed by atoms with E-state index in [0.717, 1.165) is 44.8 Å². The van der Waals surface area contributed by atoms with Crippen molar-refractivity contribution in [3.8, 4) is 6.07 Å². The van der Waals surface area contributed by atoms with Crippen LogP contribution in [0, 0.1) is 11.3 Å². The summed E-state index contributed by atoms with van der Waals surface area (Å²) in [7, 11) is 1.72. The van der Waals surface area contributed by atoms with Crippen LogP contribution in [0.4, 0.5) is 0 Å². The number of hydrogen-bond donors (Lipinski definition) is 1. The van der Waals surface area contributed by atoms with E-state index in [2.05, 4.69) is 23.2 Å². The van der Waals surface area contributed by atoms with Crippen molar-refractivity contribution in [1.82, 2.24) is 10.2 Å². The lowest BCUT2D eigenvalue weighted by Crippen LogP contribution is -2.44. The van der Waals surface area contributed by atoms with Gasteiger partial charge in [0.15, 0.2) is 0 Å². The maximum absolute atomic E-state index is 9.77. The van der Waals surface area contributed by atoms with E-state index in [1.54, 1.807) is 7.11 Å². The third-order valence-corrected chi connectivity index (χ3v) is 3.80. The quantitative estimate of drug-likeness (QED) is 0.718. The average molecular weight is 289 g/mol. The Morgan fingerprint density at radius 3 is 2.48 bits per heavy atom. The molecule has 1 unspecified atom stereocenters. The first-order valence-corrected chi connectivity index (χ1v) is 7.65. The molecule has 0 saturated heterocycles. The lowest BCUT2D eigenvalue weighted by molar-refractivity contribution is 0.145. The van der Waals surface area contributed by atoms with Gasteiger partial charge in [-0.25, -0.2) is 0 Å². The van der Waals surface area contributed by atoms with Crippen molar-refractivity contribution in [2.75, 3.05) is 39.9 Å². The summed E-state index contributed by atoms with van der Waals surface area (Å²) in [5.41, 5.74) is 0.424. The number of methoxy groups -OCH3 is 1. The molecule has 21 heavy (non-hydrogen) atoms. The summed E-state index contributed by atoms with van der Waals surface area (Å²) in [5.74, 6) is 0. The summed E-state index contributed by atoms with van der Waals surface area (Å²) in [6.45, 7) is 8.40. The molecule has 0 fully saturated rings. The van der Waals surface area contributed by atoms with Crippen molar-refractivity contribution >= 4 is 0 Å². The van der Waals surface area contributed by atoms with Gasteiger partial charge >= 0.3 is 0 Å². The molecule has 1 N–H and O–H groups in total. The second-order valence-electron chi connectivity index (χ2n) is 5.09. The Hall–Kier alpha value is -1.41. The second kappa shape index (κ2) is 9.51. The van der Waals surface area contributed by atoms with Gasteiger partial charge in [0, 0.05) is 20.2 Å². The van der Waals surface area contributed by atoms with E-state index < -0.39 is 5.54 Å². The predicted octanol–water partition coefficient (Wildman–Crippen LogP) is 2.37. The molecule has 1 atom stereocenters. The van der Waals surface area contributed by atoms with E-state index in [1.807, 2.05) is 37.3 Å². The third kappa shape index (κ3) is 5.13. The molecular formula is C17H27N3O.